The van der Waals surface area contributed by atoms with Crippen LogP contribution in [0.25, 0.3) is 0 Å². The number of methoxy groups -OCH3 is 1. The maximum Gasteiger partial charge on any atom is 0.101 e. The lowest BCUT2D eigenvalue weighted by atomic mass is 9.89. The van der Waals surface area contributed by atoms with E-state index in [-0.39, 0.29) is 5.41 Å². The molecule has 0 aliphatic heterocycles. The minimum absolute atomic E-state index is 0.116. The van der Waals surface area contributed by atoms with Gasteiger partial charge in [-0.2, -0.15) is 5.26 Å². The van der Waals surface area contributed by atoms with E-state index in [4.69, 9.17) is 15.7 Å². The molecule has 0 aromatic heterocycles. The first kappa shape index (κ1) is 14.3. The maximum atomic E-state index is 8.91. The first-order valence-corrected chi connectivity index (χ1v) is 6.01. The molecule has 0 bridgehead atoms. The Morgan fingerprint density at radius 1 is 1.44 bits per heavy atom. The third kappa shape index (κ3) is 3.94. The number of nitrogen functional groups attached to an aromatic ring is 1. The van der Waals surface area contributed by atoms with Crippen LogP contribution < -0.4 is 11.1 Å². The number of hydrogen-bond donors (Lipinski definition) is 2. The molecule has 98 valence electrons. The standard InChI is InChI=1S/C14H21N3O/c1-14(2,7-8-18-3)10-17-12-6-4-5-11(9-15)13(12)16/h4-6,17H,7-8,10,16H2,1-3H3. The van der Waals surface area contributed by atoms with Crippen molar-refractivity contribution in [3.63, 3.8) is 0 Å². The molecule has 4 nitrogen and oxygen atoms in total. The van der Waals surface area contributed by atoms with Gasteiger partial charge in [-0.25, -0.2) is 0 Å². The van der Waals surface area contributed by atoms with Gasteiger partial charge in [-0.05, 0) is 24.0 Å². The van der Waals surface area contributed by atoms with Crippen LogP contribution in [0.15, 0.2) is 18.2 Å². The average Bonchev–Trinajstić information content (AvgIpc) is 2.35. The molecule has 0 atom stereocenters. The van der Waals surface area contributed by atoms with Crippen LogP contribution in [-0.2, 0) is 4.74 Å². The van der Waals surface area contributed by atoms with Gasteiger partial charge in [0.05, 0.1) is 16.9 Å². The molecule has 1 rings (SSSR count). The predicted octanol–water partition coefficient (Wildman–Crippen LogP) is 2.62. The maximum absolute atomic E-state index is 8.91. The lowest BCUT2D eigenvalue weighted by Crippen LogP contribution is -2.25. The number of hydrogen-bond acceptors (Lipinski definition) is 4. The Morgan fingerprint density at radius 2 is 2.17 bits per heavy atom. The summed E-state index contributed by atoms with van der Waals surface area (Å²) in [6, 6.07) is 7.53. The van der Waals surface area contributed by atoms with Crippen molar-refractivity contribution in [3.05, 3.63) is 23.8 Å². The number of nitrogens with two attached hydrogens (primary N) is 1. The monoisotopic (exact) mass is 247 g/mol. The summed E-state index contributed by atoms with van der Waals surface area (Å²) in [5, 5.41) is 12.2. The van der Waals surface area contributed by atoms with Gasteiger partial charge in [-0.1, -0.05) is 19.9 Å². The van der Waals surface area contributed by atoms with E-state index in [2.05, 4.69) is 25.2 Å². The van der Waals surface area contributed by atoms with Crippen molar-refractivity contribution >= 4 is 11.4 Å². The predicted molar refractivity (Wildman–Crippen MR) is 74.3 cm³/mol. The zero-order valence-electron chi connectivity index (χ0n) is 11.3. The number of anilines is 2. The Bertz CT molecular complexity index is 435. The number of nitrogens with zero attached hydrogens (tertiary/aromatic N) is 1. The van der Waals surface area contributed by atoms with Crippen LogP contribution in [0, 0.1) is 16.7 Å². The van der Waals surface area contributed by atoms with E-state index >= 15 is 0 Å². The van der Waals surface area contributed by atoms with Gasteiger partial charge in [0.25, 0.3) is 0 Å². The van der Waals surface area contributed by atoms with Crippen molar-refractivity contribution in [1.29, 1.82) is 5.26 Å². The molecular formula is C14H21N3O. The molecule has 3 N–H and O–H groups in total. The highest BCUT2D eigenvalue weighted by Crippen LogP contribution is 2.25. The van der Waals surface area contributed by atoms with Crippen molar-refractivity contribution in [2.75, 3.05) is 31.3 Å². The first-order chi connectivity index (χ1) is 8.50. The minimum Gasteiger partial charge on any atom is -0.396 e. The molecule has 0 unspecified atom stereocenters. The molecule has 1 aromatic rings. The van der Waals surface area contributed by atoms with Gasteiger partial charge < -0.3 is 15.8 Å². The van der Waals surface area contributed by atoms with Crippen LogP contribution in [0.1, 0.15) is 25.8 Å². The van der Waals surface area contributed by atoms with Crippen LogP contribution in [-0.4, -0.2) is 20.3 Å². The Labute approximate surface area is 109 Å². The molecule has 0 spiro atoms. The second-order valence-electron chi connectivity index (χ2n) is 5.14. The summed E-state index contributed by atoms with van der Waals surface area (Å²) in [7, 11) is 1.71. The molecule has 18 heavy (non-hydrogen) atoms. The Morgan fingerprint density at radius 3 is 2.78 bits per heavy atom. The molecule has 0 aliphatic rings. The van der Waals surface area contributed by atoms with Gasteiger partial charge in [0.15, 0.2) is 0 Å². The van der Waals surface area contributed by atoms with Crippen LogP contribution in [0.3, 0.4) is 0 Å². The fourth-order valence-corrected chi connectivity index (χ4v) is 1.62. The van der Waals surface area contributed by atoms with Gasteiger partial charge in [0, 0.05) is 20.3 Å². The summed E-state index contributed by atoms with van der Waals surface area (Å²) in [6.45, 7) is 5.87. The fourth-order valence-electron chi connectivity index (χ4n) is 1.62. The van der Waals surface area contributed by atoms with Crippen molar-refractivity contribution in [3.8, 4) is 6.07 Å². The van der Waals surface area contributed by atoms with E-state index in [0.717, 1.165) is 25.3 Å². The van der Waals surface area contributed by atoms with Crippen molar-refractivity contribution in [1.82, 2.24) is 0 Å². The lowest BCUT2D eigenvalue weighted by molar-refractivity contribution is 0.157. The summed E-state index contributed by atoms with van der Waals surface area (Å²) in [5.74, 6) is 0. The van der Waals surface area contributed by atoms with Gasteiger partial charge >= 0.3 is 0 Å². The van der Waals surface area contributed by atoms with E-state index in [1.165, 1.54) is 0 Å². The molecule has 4 heteroatoms. The van der Waals surface area contributed by atoms with Gasteiger partial charge in [-0.3, -0.25) is 0 Å². The number of nitriles is 1. The number of ether oxygens (including phenoxy) is 1. The Kier molecular flexibility index (Phi) is 4.99. The average molecular weight is 247 g/mol. The van der Waals surface area contributed by atoms with E-state index in [9.17, 15) is 0 Å². The molecular weight excluding hydrogens is 226 g/mol. The topological polar surface area (TPSA) is 71.1 Å². The third-order valence-corrected chi connectivity index (χ3v) is 2.97. The summed E-state index contributed by atoms with van der Waals surface area (Å²) in [5.41, 5.74) is 7.87. The van der Waals surface area contributed by atoms with Gasteiger partial charge in [0.2, 0.25) is 0 Å². The van der Waals surface area contributed by atoms with Gasteiger partial charge in [0.1, 0.15) is 6.07 Å². The first-order valence-electron chi connectivity index (χ1n) is 6.01. The minimum atomic E-state index is 0.116. The van der Waals surface area contributed by atoms with E-state index in [1.807, 2.05) is 12.1 Å². The quantitative estimate of drug-likeness (QED) is 0.758. The number of para-hydroxylation sites is 1. The van der Waals surface area contributed by atoms with Crippen LogP contribution in [0.4, 0.5) is 11.4 Å². The zero-order chi connectivity index (χ0) is 13.6. The number of nitrogens with one attached hydrogen (secondary N) is 1. The molecule has 0 radical (unpaired) electrons. The molecule has 0 aliphatic carbocycles. The van der Waals surface area contributed by atoms with Crippen LogP contribution in [0.5, 0.6) is 0 Å². The highest BCUT2D eigenvalue weighted by molar-refractivity contribution is 5.72. The molecule has 1 aromatic carbocycles. The molecule has 0 saturated carbocycles. The molecule has 0 heterocycles. The normalized spacial score (nSPS) is 11.0. The third-order valence-electron chi connectivity index (χ3n) is 2.97. The second-order valence-corrected chi connectivity index (χ2v) is 5.14. The second kappa shape index (κ2) is 6.27. The lowest BCUT2D eigenvalue weighted by Gasteiger charge is -2.25. The SMILES string of the molecule is COCCC(C)(C)CNc1cccc(C#N)c1N. The van der Waals surface area contributed by atoms with Crippen molar-refractivity contribution in [2.24, 2.45) is 5.41 Å². The van der Waals surface area contributed by atoms with E-state index in [0.29, 0.717) is 11.3 Å². The van der Waals surface area contributed by atoms with Crippen LogP contribution in [0.2, 0.25) is 0 Å². The Hall–Kier alpha value is -1.73. The van der Waals surface area contributed by atoms with Crippen molar-refractivity contribution < 1.29 is 4.74 Å². The summed E-state index contributed by atoms with van der Waals surface area (Å²) in [6.07, 6.45) is 0.967. The summed E-state index contributed by atoms with van der Waals surface area (Å²) < 4.78 is 5.09. The highest BCUT2D eigenvalue weighted by atomic mass is 16.5. The molecule has 0 fully saturated rings. The molecule has 0 saturated heterocycles. The van der Waals surface area contributed by atoms with Gasteiger partial charge in [-0.15, -0.1) is 0 Å². The smallest absolute Gasteiger partial charge is 0.101 e. The van der Waals surface area contributed by atoms with Crippen molar-refractivity contribution in [2.45, 2.75) is 20.3 Å². The fraction of sp³-hybridized carbons (Fsp3) is 0.500. The number of benzene rings is 1. The summed E-state index contributed by atoms with van der Waals surface area (Å²) in [4.78, 5) is 0. The van der Waals surface area contributed by atoms with Crippen LogP contribution >= 0.6 is 0 Å². The van der Waals surface area contributed by atoms with E-state index in [1.54, 1.807) is 13.2 Å². The van der Waals surface area contributed by atoms with E-state index < -0.39 is 0 Å². The molecule has 0 amide bonds. The summed E-state index contributed by atoms with van der Waals surface area (Å²) >= 11 is 0. The highest BCUT2D eigenvalue weighted by Gasteiger charge is 2.17. The largest absolute Gasteiger partial charge is 0.396 e. The zero-order valence-corrected chi connectivity index (χ0v) is 11.3. The number of rotatable bonds is 6. The Balaban J connectivity index is 2.66.